The van der Waals surface area contributed by atoms with Crippen molar-refractivity contribution >= 4 is 11.8 Å². The largest absolute Gasteiger partial charge is 0.314 e. The molecule has 0 saturated heterocycles. The van der Waals surface area contributed by atoms with Crippen molar-refractivity contribution in [1.29, 1.82) is 0 Å². The van der Waals surface area contributed by atoms with Gasteiger partial charge in [-0.15, -0.1) is 0 Å². The van der Waals surface area contributed by atoms with Gasteiger partial charge in [0, 0.05) is 6.04 Å². The Morgan fingerprint density at radius 3 is 2.28 bits per heavy atom. The standard InChI is InChI=1S/C16H33NS/c1-13(10-11-18-5)17-12-14-6-8-15(9-7-14)16(2,3)4/h13-15,17H,6-12H2,1-5H3. The van der Waals surface area contributed by atoms with Gasteiger partial charge in [-0.25, -0.2) is 0 Å². The molecule has 1 aliphatic rings. The molecule has 1 unspecified atom stereocenters. The van der Waals surface area contributed by atoms with Crippen LogP contribution >= 0.6 is 11.8 Å². The SMILES string of the molecule is CSCCC(C)NCC1CCC(C(C)(C)C)CC1. The molecule has 108 valence electrons. The van der Waals surface area contributed by atoms with Crippen molar-refractivity contribution < 1.29 is 0 Å². The van der Waals surface area contributed by atoms with Gasteiger partial charge in [0.15, 0.2) is 0 Å². The van der Waals surface area contributed by atoms with Crippen LogP contribution in [0, 0.1) is 17.3 Å². The summed E-state index contributed by atoms with van der Waals surface area (Å²) in [5.41, 5.74) is 0.518. The smallest absolute Gasteiger partial charge is 0.00466 e. The Balaban J connectivity index is 2.16. The van der Waals surface area contributed by atoms with Crippen LogP contribution in [-0.4, -0.2) is 24.6 Å². The molecule has 0 aromatic rings. The monoisotopic (exact) mass is 271 g/mol. The van der Waals surface area contributed by atoms with E-state index in [-0.39, 0.29) is 0 Å². The Morgan fingerprint density at radius 2 is 1.78 bits per heavy atom. The summed E-state index contributed by atoms with van der Waals surface area (Å²) in [4.78, 5) is 0. The van der Waals surface area contributed by atoms with Crippen molar-refractivity contribution in [3.8, 4) is 0 Å². The van der Waals surface area contributed by atoms with Gasteiger partial charge in [-0.3, -0.25) is 0 Å². The quantitative estimate of drug-likeness (QED) is 0.759. The number of hydrogen-bond donors (Lipinski definition) is 1. The summed E-state index contributed by atoms with van der Waals surface area (Å²) in [5.74, 6) is 3.16. The molecule has 0 spiro atoms. The van der Waals surface area contributed by atoms with Gasteiger partial charge < -0.3 is 5.32 Å². The number of rotatable bonds is 6. The number of hydrogen-bond acceptors (Lipinski definition) is 2. The molecule has 0 aromatic carbocycles. The van der Waals surface area contributed by atoms with E-state index in [1.165, 1.54) is 44.4 Å². The lowest BCUT2D eigenvalue weighted by molar-refractivity contribution is 0.148. The van der Waals surface area contributed by atoms with Crippen LogP contribution in [0.25, 0.3) is 0 Å². The molecule has 0 aromatic heterocycles. The van der Waals surface area contributed by atoms with Crippen molar-refractivity contribution in [3.05, 3.63) is 0 Å². The third-order valence-electron chi connectivity index (χ3n) is 4.58. The van der Waals surface area contributed by atoms with Crippen molar-refractivity contribution in [2.45, 2.75) is 65.8 Å². The summed E-state index contributed by atoms with van der Waals surface area (Å²) in [7, 11) is 0. The zero-order chi connectivity index (χ0) is 13.6. The molecule has 1 N–H and O–H groups in total. The highest BCUT2D eigenvalue weighted by molar-refractivity contribution is 7.98. The Kier molecular flexibility index (Phi) is 7.08. The van der Waals surface area contributed by atoms with E-state index in [4.69, 9.17) is 0 Å². The van der Waals surface area contributed by atoms with Crippen LogP contribution in [0.1, 0.15) is 59.8 Å². The van der Waals surface area contributed by atoms with E-state index < -0.39 is 0 Å². The molecule has 0 radical (unpaired) electrons. The topological polar surface area (TPSA) is 12.0 Å². The van der Waals surface area contributed by atoms with E-state index in [1.807, 2.05) is 11.8 Å². The van der Waals surface area contributed by atoms with Gasteiger partial charge in [-0.05, 0) is 74.8 Å². The minimum absolute atomic E-state index is 0.518. The highest BCUT2D eigenvalue weighted by Crippen LogP contribution is 2.39. The van der Waals surface area contributed by atoms with Crippen molar-refractivity contribution in [2.24, 2.45) is 17.3 Å². The molecule has 0 amide bonds. The minimum Gasteiger partial charge on any atom is -0.314 e. The maximum absolute atomic E-state index is 3.73. The van der Waals surface area contributed by atoms with Gasteiger partial charge in [0.1, 0.15) is 0 Å². The van der Waals surface area contributed by atoms with Gasteiger partial charge in [-0.2, -0.15) is 11.8 Å². The van der Waals surface area contributed by atoms with E-state index in [9.17, 15) is 0 Å². The van der Waals surface area contributed by atoms with Crippen LogP contribution < -0.4 is 5.32 Å². The van der Waals surface area contributed by atoms with Crippen LogP contribution in [0.2, 0.25) is 0 Å². The van der Waals surface area contributed by atoms with Gasteiger partial charge in [0.05, 0.1) is 0 Å². The fraction of sp³-hybridized carbons (Fsp3) is 1.00. The lowest BCUT2D eigenvalue weighted by atomic mass is 9.70. The zero-order valence-electron chi connectivity index (χ0n) is 13.1. The van der Waals surface area contributed by atoms with Crippen LogP contribution in [-0.2, 0) is 0 Å². The predicted octanol–water partition coefficient (Wildman–Crippen LogP) is 4.57. The molecule has 0 heterocycles. The van der Waals surface area contributed by atoms with Crippen molar-refractivity contribution in [1.82, 2.24) is 5.32 Å². The average Bonchev–Trinajstić information content (AvgIpc) is 2.33. The molecule has 18 heavy (non-hydrogen) atoms. The normalized spacial score (nSPS) is 27.2. The lowest BCUT2D eigenvalue weighted by Crippen LogP contribution is -2.34. The van der Waals surface area contributed by atoms with Crippen LogP contribution in [0.15, 0.2) is 0 Å². The first kappa shape index (κ1) is 16.4. The molecule has 1 atom stereocenters. The highest BCUT2D eigenvalue weighted by Gasteiger charge is 2.29. The van der Waals surface area contributed by atoms with Gasteiger partial charge in [-0.1, -0.05) is 20.8 Å². The average molecular weight is 272 g/mol. The van der Waals surface area contributed by atoms with Crippen LogP contribution in [0.3, 0.4) is 0 Å². The second-order valence-electron chi connectivity index (χ2n) is 7.17. The Bertz CT molecular complexity index is 214. The van der Waals surface area contributed by atoms with Gasteiger partial charge >= 0.3 is 0 Å². The maximum atomic E-state index is 3.73. The highest BCUT2D eigenvalue weighted by atomic mass is 32.2. The minimum atomic E-state index is 0.518. The van der Waals surface area contributed by atoms with E-state index >= 15 is 0 Å². The molecule has 1 nitrogen and oxygen atoms in total. The maximum Gasteiger partial charge on any atom is 0.00466 e. The molecule has 1 rings (SSSR count). The van der Waals surface area contributed by atoms with E-state index in [0.29, 0.717) is 11.5 Å². The Hall–Kier alpha value is 0.310. The molecule has 1 aliphatic carbocycles. The second-order valence-corrected chi connectivity index (χ2v) is 8.16. The third-order valence-corrected chi connectivity index (χ3v) is 5.23. The first-order chi connectivity index (χ1) is 8.43. The van der Waals surface area contributed by atoms with Gasteiger partial charge in [0.2, 0.25) is 0 Å². The van der Waals surface area contributed by atoms with E-state index in [1.54, 1.807) is 0 Å². The summed E-state index contributed by atoms with van der Waals surface area (Å²) in [6.45, 7) is 10.8. The summed E-state index contributed by atoms with van der Waals surface area (Å²) in [6.07, 6.45) is 9.25. The zero-order valence-corrected chi connectivity index (χ0v) is 13.9. The molecular weight excluding hydrogens is 238 g/mol. The Labute approximate surface area is 119 Å². The molecule has 2 heteroatoms. The first-order valence-electron chi connectivity index (χ1n) is 7.65. The number of thioether (sulfide) groups is 1. The second kappa shape index (κ2) is 7.79. The molecule has 0 aliphatic heterocycles. The fourth-order valence-electron chi connectivity index (χ4n) is 3.00. The van der Waals surface area contributed by atoms with E-state index in [2.05, 4.69) is 39.3 Å². The van der Waals surface area contributed by atoms with E-state index in [0.717, 1.165) is 11.8 Å². The predicted molar refractivity (Wildman–Crippen MR) is 85.4 cm³/mol. The molecule has 0 bridgehead atoms. The summed E-state index contributed by atoms with van der Waals surface area (Å²) in [6, 6.07) is 0.692. The van der Waals surface area contributed by atoms with Crippen molar-refractivity contribution in [3.63, 3.8) is 0 Å². The lowest BCUT2D eigenvalue weighted by Gasteiger charge is -2.37. The fourth-order valence-corrected chi connectivity index (χ4v) is 3.59. The van der Waals surface area contributed by atoms with Gasteiger partial charge in [0.25, 0.3) is 0 Å². The molecule has 1 saturated carbocycles. The van der Waals surface area contributed by atoms with Crippen LogP contribution in [0.5, 0.6) is 0 Å². The Morgan fingerprint density at radius 1 is 1.17 bits per heavy atom. The summed E-state index contributed by atoms with van der Waals surface area (Å²) >= 11 is 1.95. The number of nitrogens with one attached hydrogen (secondary N) is 1. The molecular formula is C16H33NS. The van der Waals surface area contributed by atoms with Crippen molar-refractivity contribution in [2.75, 3.05) is 18.6 Å². The summed E-state index contributed by atoms with van der Waals surface area (Å²) < 4.78 is 0. The van der Waals surface area contributed by atoms with Crippen LogP contribution in [0.4, 0.5) is 0 Å². The first-order valence-corrected chi connectivity index (χ1v) is 9.05. The summed E-state index contributed by atoms with van der Waals surface area (Å²) in [5, 5.41) is 3.73. The third kappa shape index (κ3) is 5.97. The molecule has 1 fully saturated rings.